The van der Waals surface area contributed by atoms with Crippen molar-refractivity contribution >= 4 is 10.0 Å². The van der Waals surface area contributed by atoms with Crippen LogP contribution >= 0.6 is 0 Å². The molecule has 5 heteroatoms. The molecule has 0 amide bonds. The largest absolute Gasteiger partial charge is 0.326 e. The van der Waals surface area contributed by atoms with Crippen LogP contribution in [0.3, 0.4) is 0 Å². The third-order valence-corrected chi connectivity index (χ3v) is 3.64. The van der Waals surface area contributed by atoms with Crippen molar-refractivity contribution in [1.82, 2.24) is 4.72 Å². The summed E-state index contributed by atoms with van der Waals surface area (Å²) in [6.45, 7) is 6.67. The topological polar surface area (TPSA) is 72.2 Å². The Balaban J connectivity index is 2.89. The number of hydrogen-bond acceptors (Lipinski definition) is 3. The molecule has 0 aliphatic heterocycles. The second-order valence-corrected chi connectivity index (χ2v) is 7.00. The zero-order valence-electron chi connectivity index (χ0n) is 10.5. The zero-order chi connectivity index (χ0) is 13.1. The highest BCUT2D eigenvalue weighted by molar-refractivity contribution is 7.89. The van der Waals surface area contributed by atoms with Crippen molar-refractivity contribution in [3.8, 4) is 0 Å². The van der Waals surface area contributed by atoms with Crippen LogP contribution in [-0.4, -0.2) is 15.0 Å². The minimum Gasteiger partial charge on any atom is -0.326 e. The lowest BCUT2D eigenvalue weighted by Crippen LogP contribution is -2.32. The average molecular weight is 256 g/mol. The number of nitrogens with two attached hydrogens (primary N) is 1. The first-order valence-corrected chi connectivity index (χ1v) is 7.02. The fourth-order valence-electron chi connectivity index (χ4n) is 1.23. The van der Waals surface area contributed by atoms with Gasteiger partial charge >= 0.3 is 0 Å². The molecule has 0 fully saturated rings. The SMILES string of the molecule is CC(C)(C)CNS(=O)(=O)c1cccc(CN)c1. The third-order valence-electron chi connectivity index (χ3n) is 2.24. The molecule has 0 aliphatic rings. The molecule has 3 N–H and O–H groups in total. The summed E-state index contributed by atoms with van der Waals surface area (Å²) >= 11 is 0. The number of nitrogens with one attached hydrogen (secondary N) is 1. The maximum Gasteiger partial charge on any atom is 0.240 e. The van der Waals surface area contributed by atoms with E-state index < -0.39 is 10.0 Å². The standard InChI is InChI=1S/C12H20N2O2S/c1-12(2,3)9-14-17(15,16)11-6-4-5-10(7-11)8-13/h4-7,14H,8-9,13H2,1-3H3. The van der Waals surface area contributed by atoms with Gasteiger partial charge in [0, 0.05) is 13.1 Å². The Hall–Kier alpha value is -0.910. The van der Waals surface area contributed by atoms with Crippen LogP contribution in [0.4, 0.5) is 0 Å². The van der Waals surface area contributed by atoms with E-state index in [1.54, 1.807) is 18.2 Å². The summed E-state index contributed by atoms with van der Waals surface area (Å²) in [5.74, 6) is 0. The number of hydrogen-bond donors (Lipinski definition) is 2. The van der Waals surface area contributed by atoms with Crippen molar-refractivity contribution in [2.75, 3.05) is 6.54 Å². The van der Waals surface area contributed by atoms with Crippen molar-refractivity contribution in [2.24, 2.45) is 11.1 Å². The van der Waals surface area contributed by atoms with Gasteiger partial charge in [-0.3, -0.25) is 0 Å². The molecule has 0 bridgehead atoms. The fraction of sp³-hybridized carbons (Fsp3) is 0.500. The quantitative estimate of drug-likeness (QED) is 0.857. The lowest BCUT2D eigenvalue weighted by Gasteiger charge is -2.18. The van der Waals surface area contributed by atoms with E-state index >= 15 is 0 Å². The zero-order valence-corrected chi connectivity index (χ0v) is 11.3. The predicted octanol–water partition coefficient (Wildman–Crippen LogP) is 1.47. The van der Waals surface area contributed by atoms with Gasteiger partial charge in [-0.1, -0.05) is 32.9 Å². The van der Waals surface area contributed by atoms with Crippen molar-refractivity contribution in [3.63, 3.8) is 0 Å². The van der Waals surface area contributed by atoms with Crippen LogP contribution in [0.5, 0.6) is 0 Å². The highest BCUT2D eigenvalue weighted by atomic mass is 32.2. The summed E-state index contributed by atoms with van der Waals surface area (Å²) in [7, 11) is -3.43. The molecular weight excluding hydrogens is 236 g/mol. The Morgan fingerprint density at radius 3 is 2.47 bits per heavy atom. The van der Waals surface area contributed by atoms with Gasteiger partial charge in [0.25, 0.3) is 0 Å². The molecule has 17 heavy (non-hydrogen) atoms. The van der Waals surface area contributed by atoms with Gasteiger partial charge in [-0.05, 0) is 23.1 Å². The molecule has 0 atom stereocenters. The maximum absolute atomic E-state index is 12.0. The van der Waals surface area contributed by atoms with Gasteiger partial charge < -0.3 is 5.73 Å². The lowest BCUT2D eigenvalue weighted by atomic mass is 9.98. The van der Waals surface area contributed by atoms with Gasteiger partial charge in [0.15, 0.2) is 0 Å². The molecule has 0 heterocycles. The Morgan fingerprint density at radius 1 is 1.29 bits per heavy atom. The molecule has 1 aromatic carbocycles. The van der Waals surface area contributed by atoms with E-state index in [1.165, 1.54) is 0 Å². The molecule has 1 rings (SSSR count). The van der Waals surface area contributed by atoms with E-state index in [0.29, 0.717) is 13.1 Å². The third kappa shape index (κ3) is 4.46. The van der Waals surface area contributed by atoms with Gasteiger partial charge in [-0.25, -0.2) is 13.1 Å². The normalized spacial score (nSPS) is 12.7. The molecule has 0 spiro atoms. The minimum absolute atomic E-state index is 0.0848. The molecule has 0 radical (unpaired) electrons. The van der Waals surface area contributed by atoms with Gasteiger partial charge in [-0.15, -0.1) is 0 Å². The van der Waals surface area contributed by atoms with Gasteiger partial charge in [-0.2, -0.15) is 0 Å². The first-order chi connectivity index (χ1) is 7.74. The van der Waals surface area contributed by atoms with E-state index in [-0.39, 0.29) is 10.3 Å². The number of rotatable bonds is 4. The van der Waals surface area contributed by atoms with E-state index in [9.17, 15) is 8.42 Å². The second-order valence-electron chi connectivity index (χ2n) is 5.24. The molecule has 0 saturated heterocycles. The summed E-state index contributed by atoms with van der Waals surface area (Å²) in [4.78, 5) is 0.268. The molecule has 0 aliphatic carbocycles. The maximum atomic E-state index is 12.0. The van der Waals surface area contributed by atoms with E-state index in [1.807, 2.05) is 26.8 Å². The Kier molecular flexibility index (Phi) is 4.30. The summed E-state index contributed by atoms with van der Waals surface area (Å²) in [5, 5.41) is 0. The van der Waals surface area contributed by atoms with Crippen LogP contribution in [-0.2, 0) is 16.6 Å². The van der Waals surface area contributed by atoms with Crippen molar-refractivity contribution in [3.05, 3.63) is 29.8 Å². The van der Waals surface area contributed by atoms with Crippen molar-refractivity contribution < 1.29 is 8.42 Å². The van der Waals surface area contributed by atoms with Crippen LogP contribution < -0.4 is 10.5 Å². The first-order valence-electron chi connectivity index (χ1n) is 5.53. The molecule has 4 nitrogen and oxygen atoms in total. The molecule has 0 unspecified atom stereocenters. The van der Waals surface area contributed by atoms with Crippen molar-refractivity contribution in [1.29, 1.82) is 0 Å². The summed E-state index contributed by atoms with van der Waals surface area (Å²) in [6.07, 6.45) is 0. The Labute approximate surface area is 103 Å². The summed E-state index contributed by atoms with van der Waals surface area (Å²) in [5.41, 5.74) is 6.21. The highest BCUT2D eigenvalue weighted by Crippen LogP contribution is 2.15. The second kappa shape index (κ2) is 5.16. The smallest absolute Gasteiger partial charge is 0.240 e. The average Bonchev–Trinajstić information content (AvgIpc) is 2.26. The number of benzene rings is 1. The van der Waals surface area contributed by atoms with Crippen LogP contribution in [0.1, 0.15) is 26.3 Å². The lowest BCUT2D eigenvalue weighted by molar-refractivity contribution is 0.407. The molecule has 0 aromatic heterocycles. The monoisotopic (exact) mass is 256 g/mol. The first kappa shape index (κ1) is 14.2. The van der Waals surface area contributed by atoms with E-state index in [0.717, 1.165) is 5.56 Å². The molecule has 0 saturated carbocycles. The summed E-state index contributed by atoms with van der Waals surface area (Å²) < 4.78 is 26.6. The van der Waals surface area contributed by atoms with Gasteiger partial charge in [0.05, 0.1) is 4.90 Å². The molecular formula is C12H20N2O2S. The van der Waals surface area contributed by atoms with E-state index in [2.05, 4.69) is 4.72 Å². The van der Waals surface area contributed by atoms with Gasteiger partial charge in [0.1, 0.15) is 0 Å². The summed E-state index contributed by atoms with van der Waals surface area (Å²) in [6, 6.07) is 6.69. The van der Waals surface area contributed by atoms with E-state index in [4.69, 9.17) is 5.73 Å². The predicted molar refractivity (Wildman–Crippen MR) is 69.0 cm³/mol. The molecule has 1 aromatic rings. The van der Waals surface area contributed by atoms with Crippen LogP contribution in [0.2, 0.25) is 0 Å². The fourth-order valence-corrected chi connectivity index (χ4v) is 2.59. The van der Waals surface area contributed by atoms with Crippen LogP contribution in [0, 0.1) is 5.41 Å². The van der Waals surface area contributed by atoms with Crippen LogP contribution in [0.25, 0.3) is 0 Å². The van der Waals surface area contributed by atoms with Crippen molar-refractivity contribution in [2.45, 2.75) is 32.2 Å². The molecule has 96 valence electrons. The van der Waals surface area contributed by atoms with Crippen LogP contribution in [0.15, 0.2) is 29.2 Å². The number of sulfonamides is 1. The van der Waals surface area contributed by atoms with Gasteiger partial charge in [0.2, 0.25) is 10.0 Å². The highest BCUT2D eigenvalue weighted by Gasteiger charge is 2.18. The Bertz CT molecular complexity index is 476. The minimum atomic E-state index is -3.43. The Morgan fingerprint density at radius 2 is 1.94 bits per heavy atom.